The van der Waals surface area contributed by atoms with E-state index in [9.17, 15) is 4.79 Å². The first-order valence-electron chi connectivity index (χ1n) is 5.26. The summed E-state index contributed by atoms with van der Waals surface area (Å²) in [6, 6.07) is 5.62. The molecule has 1 heterocycles. The summed E-state index contributed by atoms with van der Waals surface area (Å²) >= 11 is 5.98. The lowest BCUT2D eigenvalue weighted by atomic mass is 9.87. The van der Waals surface area contributed by atoms with Gasteiger partial charge in [0.15, 0.2) is 0 Å². The minimum absolute atomic E-state index is 0.0398. The second kappa shape index (κ2) is 3.75. The first kappa shape index (κ1) is 11.4. The van der Waals surface area contributed by atoms with Gasteiger partial charge >= 0.3 is 0 Å². The third-order valence-corrected chi connectivity index (χ3v) is 3.24. The van der Waals surface area contributed by atoms with Crippen LogP contribution < -0.4 is 10.6 Å². The predicted octanol–water partition coefficient (Wildman–Crippen LogP) is 1.92. The monoisotopic (exact) mass is 238 g/mol. The van der Waals surface area contributed by atoms with Crippen molar-refractivity contribution >= 4 is 23.2 Å². The molecular formula is C12H15ClN2O. The van der Waals surface area contributed by atoms with E-state index in [1.54, 1.807) is 11.0 Å². The van der Waals surface area contributed by atoms with Crippen LogP contribution in [-0.2, 0) is 10.2 Å². The minimum atomic E-state index is -0.0644. The van der Waals surface area contributed by atoms with Crippen LogP contribution in [0, 0.1) is 0 Å². The topological polar surface area (TPSA) is 46.3 Å². The fraction of sp³-hybridized carbons (Fsp3) is 0.417. The molecule has 86 valence electrons. The van der Waals surface area contributed by atoms with E-state index in [1.807, 2.05) is 12.1 Å². The normalized spacial score (nSPS) is 17.4. The number of benzene rings is 1. The molecule has 2 rings (SSSR count). The number of hydrogen-bond acceptors (Lipinski definition) is 2. The molecule has 0 unspecified atom stereocenters. The molecule has 1 aliphatic rings. The molecule has 2 N–H and O–H groups in total. The van der Waals surface area contributed by atoms with Crippen molar-refractivity contribution in [2.75, 3.05) is 18.0 Å². The van der Waals surface area contributed by atoms with Crippen molar-refractivity contribution in [1.29, 1.82) is 0 Å². The van der Waals surface area contributed by atoms with Crippen molar-refractivity contribution in [2.24, 2.45) is 5.73 Å². The van der Waals surface area contributed by atoms with Crippen LogP contribution in [0.25, 0.3) is 0 Å². The van der Waals surface area contributed by atoms with Crippen LogP contribution in [0.2, 0.25) is 5.02 Å². The smallest absolute Gasteiger partial charge is 0.240 e. The molecule has 4 heteroatoms. The highest BCUT2D eigenvalue weighted by molar-refractivity contribution is 6.30. The number of amides is 1. The second-order valence-electron chi connectivity index (χ2n) is 4.73. The highest BCUT2D eigenvalue weighted by Gasteiger charge is 2.37. The lowest BCUT2D eigenvalue weighted by Crippen LogP contribution is -2.37. The summed E-state index contributed by atoms with van der Waals surface area (Å²) in [5.74, 6) is -0.0471. The van der Waals surface area contributed by atoms with Crippen LogP contribution in [0.1, 0.15) is 19.4 Å². The maximum atomic E-state index is 11.7. The predicted molar refractivity (Wildman–Crippen MR) is 65.9 cm³/mol. The van der Waals surface area contributed by atoms with Gasteiger partial charge in [-0.2, -0.15) is 0 Å². The molecule has 0 radical (unpaired) electrons. The van der Waals surface area contributed by atoms with E-state index in [0.29, 0.717) is 11.6 Å². The molecule has 16 heavy (non-hydrogen) atoms. The van der Waals surface area contributed by atoms with Gasteiger partial charge in [-0.05, 0) is 23.8 Å². The van der Waals surface area contributed by atoms with E-state index in [-0.39, 0.29) is 17.9 Å². The highest BCUT2D eigenvalue weighted by atomic mass is 35.5. The van der Waals surface area contributed by atoms with Gasteiger partial charge < -0.3 is 10.6 Å². The van der Waals surface area contributed by atoms with E-state index in [1.165, 1.54) is 0 Å². The van der Waals surface area contributed by atoms with Crippen LogP contribution >= 0.6 is 11.6 Å². The number of carbonyl (C=O) groups excluding carboxylic acids is 1. The van der Waals surface area contributed by atoms with Gasteiger partial charge in [-0.15, -0.1) is 0 Å². The summed E-state index contributed by atoms with van der Waals surface area (Å²) in [5, 5.41) is 0.703. The number of rotatable bonds is 1. The molecule has 0 aliphatic carbocycles. The van der Waals surface area contributed by atoms with Gasteiger partial charge in [0.05, 0.1) is 6.54 Å². The van der Waals surface area contributed by atoms with Crippen LogP contribution in [0.4, 0.5) is 5.69 Å². The highest BCUT2D eigenvalue weighted by Crippen LogP contribution is 2.41. The maximum absolute atomic E-state index is 11.7. The molecule has 1 aromatic carbocycles. The van der Waals surface area contributed by atoms with Crippen molar-refractivity contribution in [3.63, 3.8) is 0 Å². The Balaban J connectivity index is 2.51. The summed E-state index contributed by atoms with van der Waals surface area (Å²) in [7, 11) is 0. The van der Waals surface area contributed by atoms with Crippen LogP contribution in [0.3, 0.4) is 0 Å². The summed E-state index contributed by atoms with van der Waals surface area (Å²) < 4.78 is 0. The van der Waals surface area contributed by atoms with Gasteiger partial charge in [0, 0.05) is 22.7 Å². The third-order valence-electron chi connectivity index (χ3n) is 3.01. The lowest BCUT2D eigenvalue weighted by molar-refractivity contribution is -0.117. The molecule has 0 atom stereocenters. The third kappa shape index (κ3) is 1.70. The van der Waals surface area contributed by atoms with Gasteiger partial charge in [-0.1, -0.05) is 25.4 Å². The van der Waals surface area contributed by atoms with E-state index in [0.717, 1.165) is 11.3 Å². The van der Waals surface area contributed by atoms with Crippen molar-refractivity contribution in [3.8, 4) is 0 Å². The second-order valence-corrected chi connectivity index (χ2v) is 5.17. The maximum Gasteiger partial charge on any atom is 0.240 e. The van der Waals surface area contributed by atoms with Gasteiger partial charge in [0.1, 0.15) is 0 Å². The summed E-state index contributed by atoms with van der Waals surface area (Å²) in [5.41, 5.74) is 7.39. The van der Waals surface area contributed by atoms with Crippen LogP contribution in [0.5, 0.6) is 0 Å². The summed E-state index contributed by atoms with van der Waals surface area (Å²) in [6.07, 6.45) is 0. The largest absolute Gasteiger partial charge is 0.322 e. The molecular weight excluding hydrogens is 224 g/mol. The Morgan fingerprint density at radius 3 is 2.88 bits per heavy atom. The van der Waals surface area contributed by atoms with Crippen molar-refractivity contribution in [2.45, 2.75) is 19.3 Å². The Morgan fingerprint density at radius 1 is 1.56 bits per heavy atom. The molecule has 0 saturated heterocycles. The Morgan fingerprint density at radius 2 is 2.25 bits per heavy atom. The minimum Gasteiger partial charge on any atom is -0.322 e. The van der Waals surface area contributed by atoms with Gasteiger partial charge in [0.2, 0.25) is 5.91 Å². The van der Waals surface area contributed by atoms with Crippen LogP contribution in [0.15, 0.2) is 18.2 Å². The Labute approximate surface area is 100 Å². The number of hydrogen-bond donors (Lipinski definition) is 1. The average molecular weight is 239 g/mol. The zero-order valence-corrected chi connectivity index (χ0v) is 10.2. The first-order valence-corrected chi connectivity index (χ1v) is 5.64. The summed E-state index contributed by atoms with van der Waals surface area (Å²) in [6.45, 7) is 4.91. The fourth-order valence-corrected chi connectivity index (χ4v) is 2.36. The Kier molecular flexibility index (Phi) is 2.68. The Bertz CT molecular complexity index is 443. The van der Waals surface area contributed by atoms with Crippen molar-refractivity contribution < 1.29 is 4.79 Å². The van der Waals surface area contributed by atoms with E-state index in [4.69, 9.17) is 17.3 Å². The molecule has 0 spiro atoms. The molecule has 0 fully saturated rings. The van der Waals surface area contributed by atoms with Gasteiger partial charge in [-0.3, -0.25) is 4.79 Å². The van der Waals surface area contributed by atoms with Crippen LogP contribution in [-0.4, -0.2) is 19.0 Å². The molecule has 0 aromatic heterocycles. The van der Waals surface area contributed by atoms with Crippen molar-refractivity contribution in [3.05, 3.63) is 28.8 Å². The molecule has 0 bridgehead atoms. The first-order chi connectivity index (χ1) is 7.45. The Hall–Kier alpha value is -1.06. The quantitative estimate of drug-likeness (QED) is 0.813. The molecule has 1 aromatic rings. The standard InChI is InChI=1S/C12H15ClN2O/c1-12(2)7-15(11(16)6-14)10-4-3-8(13)5-9(10)12/h3-5H,6-7,14H2,1-2H3. The molecule has 0 saturated carbocycles. The average Bonchev–Trinajstić information content (AvgIpc) is 2.50. The lowest BCUT2D eigenvalue weighted by Gasteiger charge is -2.20. The summed E-state index contributed by atoms with van der Waals surface area (Å²) in [4.78, 5) is 13.5. The number of carbonyl (C=O) groups is 1. The fourth-order valence-electron chi connectivity index (χ4n) is 2.18. The SMILES string of the molecule is CC1(C)CN(C(=O)CN)c2ccc(Cl)cc21. The number of halogens is 1. The molecule has 3 nitrogen and oxygen atoms in total. The van der Waals surface area contributed by atoms with E-state index < -0.39 is 0 Å². The molecule has 1 aliphatic heterocycles. The number of fused-ring (bicyclic) bond motifs is 1. The zero-order valence-electron chi connectivity index (χ0n) is 9.46. The van der Waals surface area contributed by atoms with Gasteiger partial charge in [0.25, 0.3) is 0 Å². The van der Waals surface area contributed by atoms with E-state index in [2.05, 4.69) is 13.8 Å². The number of nitrogens with two attached hydrogens (primary N) is 1. The van der Waals surface area contributed by atoms with E-state index >= 15 is 0 Å². The number of anilines is 1. The van der Waals surface area contributed by atoms with Crippen molar-refractivity contribution in [1.82, 2.24) is 0 Å². The zero-order chi connectivity index (χ0) is 11.9. The molecule has 1 amide bonds. The van der Waals surface area contributed by atoms with Gasteiger partial charge in [-0.25, -0.2) is 0 Å². The number of nitrogens with zero attached hydrogens (tertiary/aromatic N) is 1.